The minimum Gasteiger partial charge on any atom is -0.457 e. The molecule has 110 valence electrons. The number of benzene rings is 3. The van der Waals surface area contributed by atoms with Gasteiger partial charge in [-0.1, -0.05) is 36.4 Å². The molecule has 0 bridgehead atoms. The van der Waals surface area contributed by atoms with E-state index in [1.165, 1.54) is 6.07 Å². The van der Waals surface area contributed by atoms with Gasteiger partial charge in [0.05, 0.1) is 5.56 Å². The Kier molecular flexibility index (Phi) is 2.70. The van der Waals surface area contributed by atoms with E-state index in [2.05, 4.69) is 0 Å². The van der Waals surface area contributed by atoms with E-state index in [0.29, 0.717) is 12.2 Å². The number of hydrogen-bond donors (Lipinski definition) is 0. The second kappa shape index (κ2) is 4.50. The summed E-state index contributed by atoms with van der Waals surface area (Å²) in [6.07, 6.45) is -3.79. The van der Waals surface area contributed by atoms with Crippen LogP contribution in [0.15, 0.2) is 54.6 Å². The minimum absolute atomic E-state index is 0.289. The second-order valence-electron chi connectivity index (χ2n) is 5.36. The van der Waals surface area contributed by atoms with Crippen molar-refractivity contribution in [2.45, 2.75) is 12.6 Å². The van der Waals surface area contributed by atoms with Gasteiger partial charge in [0.15, 0.2) is 0 Å². The fourth-order valence-electron chi connectivity index (χ4n) is 2.87. The Bertz CT molecular complexity index is 881. The predicted molar refractivity (Wildman–Crippen MR) is 78.3 cm³/mol. The third kappa shape index (κ3) is 2.03. The molecule has 1 aliphatic rings. The highest BCUT2D eigenvalue weighted by Gasteiger charge is 2.32. The highest BCUT2D eigenvalue weighted by Crippen LogP contribution is 2.42. The van der Waals surface area contributed by atoms with Crippen molar-refractivity contribution < 1.29 is 17.9 Å². The van der Waals surface area contributed by atoms with Crippen LogP contribution in [0, 0.1) is 0 Å². The first kappa shape index (κ1) is 13.2. The van der Waals surface area contributed by atoms with E-state index >= 15 is 0 Å². The third-order valence-corrected chi connectivity index (χ3v) is 3.98. The molecule has 0 aromatic heterocycles. The lowest BCUT2D eigenvalue weighted by atomic mass is 9.94. The molecule has 0 atom stereocenters. The average Bonchev–Trinajstić information content (AvgIpc) is 2.51. The summed E-state index contributed by atoms with van der Waals surface area (Å²) < 4.78 is 44.1. The Morgan fingerprint density at radius 2 is 1.68 bits per heavy atom. The largest absolute Gasteiger partial charge is 0.457 e. The fourth-order valence-corrected chi connectivity index (χ4v) is 2.87. The Morgan fingerprint density at radius 3 is 2.50 bits per heavy atom. The van der Waals surface area contributed by atoms with Crippen molar-refractivity contribution in [2.75, 3.05) is 0 Å². The monoisotopic (exact) mass is 300 g/mol. The highest BCUT2D eigenvalue weighted by atomic mass is 19.4. The van der Waals surface area contributed by atoms with E-state index in [4.69, 9.17) is 4.74 Å². The lowest BCUT2D eigenvalue weighted by Gasteiger charge is -2.22. The van der Waals surface area contributed by atoms with Gasteiger partial charge in [-0.2, -0.15) is 13.2 Å². The first-order valence-electron chi connectivity index (χ1n) is 6.91. The van der Waals surface area contributed by atoms with Gasteiger partial charge in [-0.25, -0.2) is 0 Å². The molecule has 0 amide bonds. The maximum absolute atomic E-state index is 12.8. The molecule has 3 aromatic rings. The molecule has 0 fully saturated rings. The summed E-state index contributed by atoms with van der Waals surface area (Å²) in [5, 5.41) is 2.17. The molecule has 0 aliphatic carbocycles. The zero-order valence-electron chi connectivity index (χ0n) is 11.4. The third-order valence-electron chi connectivity index (χ3n) is 3.98. The molecular formula is C18H11F3O. The van der Waals surface area contributed by atoms with E-state index in [0.717, 1.165) is 34.0 Å². The zero-order valence-corrected chi connectivity index (χ0v) is 11.4. The maximum Gasteiger partial charge on any atom is 0.416 e. The SMILES string of the molecule is FC(F)(F)c1ccc2c(c1)Oc1ccc3ccccc3c1C2. The fraction of sp³-hybridized carbons (Fsp3) is 0.111. The van der Waals surface area contributed by atoms with Crippen LogP contribution in [0.3, 0.4) is 0 Å². The summed E-state index contributed by atoms with van der Waals surface area (Å²) in [5.74, 6) is 0.920. The number of fused-ring (bicyclic) bond motifs is 4. The highest BCUT2D eigenvalue weighted by molar-refractivity contribution is 5.88. The number of hydrogen-bond acceptors (Lipinski definition) is 1. The molecule has 0 N–H and O–H groups in total. The molecule has 0 saturated carbocycles. The number of alkyl halides is 3. The number of ether oxygens (including phenoxy) is 1. The van der Waals surface area contributed by atoms with Crippen molar-refractivity contribution in [3.05, 3.63) is 71.3 Å². The molecule has 1 heterocycles. The van der Waals surface area contributed by atoms with Crippen molar-refractivity contribution in [1.29, 1.82) is 0 Å². The van der Waals surface area contributed by atoms with E-state index in [1.807, 2.05) is 36.4 Å². The second-order valence-corrected chi connectivity index (χ2v) is 5.36. The van der Waals surface area contributed by atoms with Crippen molar-refractivity contribution >= 4 is 10.8 Å². The molecule has 1 nitrogen and oxygen atoms in total. The van der Waals surface area contributed by atoms with Gasteiger partial charge in [-0.15, -0.1) is 0 Å². The normalized spacial score (nSPS) is 13.4. The molecule has 1 aliphatic heterocycles. The van der Waals surface area contributed by atoms with Gasteiger partial charge in [0.25, 0.3) is 0 Å². The molecule has 4 rings (SSSR count). The van der Waals surface area contributed by atoms with Crippen molar-refractivity contribution in [3.63, 3.8) is 0 Å². The lowest BCUT2D eigenvalue weighted by molar-refractivity contribution is -0.137. The van der Waals surface area contributed by atoms with Crippen LogP contribution in [0.2, 0.25) is 0 Å². The van der Waals surface area contributed by atoms with Crippen LogP contribution in [0.1, 0.15) is 16.7 Å². The van der Waals surface area contributed by atoms with Crippen LogP contribution in [-0.2, 0) is 12.6 Å². The molecule has 0 unspecified atom stereocenters. The molecule has 3 aromatic carbocycles. The van der Waals surface area contributed by atoms with Crippen LogP contribution >= 0.6 is 0 Å². The van der Waals surface area contributed by atoms with Crippen molar-refractivity contribution in [1.82, 2.24) is 0 Å². The summed E-state index contributed by atoms with van der Waals surface area (Å²) >= 11 is 0. The van der Waals surface area contributed by atoms with Gasteiger partial charge < -0.3 is 4.74 Å². The van der Waals surface area contributed by atoms with Gasteiger partial charge in [0, 0.05) is 12.0 Å². The van der Waals surface area contributed by atoms with Crippen LogP contribution < -0.4 is 4.74 Å². The molecule has 0 spiro atoms. The predicted octanol–water partition coefficient (Wildman–Crippen LogP) is 5.56. The van der Waals surface area contributed by atoms with Gasteiger partial charge >= 0.3 is 6.18 Å². The molecule has 4 heteroatoms. The summed E-state index contributed by atoms with van der Waals surface area (Å²) in [6, 6.07) is 15.4. The molecular weight excluding hydrogens is 289 g/mol. The Hall–Kier alpha value is -2.49. The zero-order chi connectivity index (χ0) is 15.3. The Balaban J connectivity index is 1.84. The van der Waals surface area contributed by atoms with Gasteiger partial charge in [0.2, 0.25) is 0 Å². The molecule has 22 heavy (non-hydrogen) atoms. The average molecular weight is 300 g/mol. The minimum atomic E-state index is -4.36. The first-order valence-corrected chi connectivity index (χ1v) is 6.91. The molecule has 0 saturated heterocycles. The van der Waals surface area contributed by atoms with Crippen molar-refractivity contribution in [2.24, 2.45) is 0 Å². The van der Waals surface area contributed by atoms with Crippen LogP contribution in [0.4, 0.5) is 13.2 Å². The van der Waals surface area contributed by atoms with Crippen molar-refractivity contribution in [3.8, 4) is 11.5 Å². The lowest BCUT2D eigenvalue weighted by Crippen LogP contribution is -2.08. The first-order chi connectivity index (χ1) is 10.5. The van der Waals surface area contributed by atoms with Crippen LogP contribution in [0.5, 0.6) is 11.5 Å². The Morgan fingerprint density at radius 1 is 0.864 bits per heavy atom. The maximum atomic E-state index is 12.8. The number of halogens is 3. The van der Waals surface area contributed by atoms with E-state index < -0.39 is 11.7 Å². The Labute approximate surface area is 125 Å². The van der Waals surface area contributed by atoms with E-state index in [-0.39, 0.29) is 5.75 Å². The van der Waals surface area contributed by atoms with Gasteiger partial charge in [0.1, 0.15) is 11.5 Å². The van der Waals surface area contributed by atoms with Crippen LogP contribution in [-0.4, -0.2) is 0 Å². The topological polar surface area (TPSA) is 9.23 Å². The molecule has 0 radical (unpaired) electrons. The standard InChI is InChI=1S/C18H11F3O/c19-18(20,21)13-7-5-12-9-15-14-4-2-1-3-11(14)6-8-16(15)22-17(12)10-13/h1-8,10H,9H2. The summed E-state index contributed by atoms with van der Waals surface area (Å²) in [7, 11) is 0. The summed E-state index contributed by atoms with van der Waals surface area (Å²) in [4.78, 5) is 0. The summed E-state index contributed by atoms with van der Waals surface area (Å²) in [5.41, 5.74) is 1.11. The smallest absolute Gasteiger partial charge is 0.416 e. The van der Waals surface area contributed by atoms with Gasteiger partial charge in [-0.3, -0.25) is 0 Å². The van der Waals surface area contributed by atoms with Crippen LogP contribution in [0.25, 0.3) is 10.8 Å². The van der Waals surface area contributed by atoms with E-state index in [1.54, 1.807) is 0 Å². The quantitative estimate of drug-likeness (QED) is 0.413. The summed E-state index contributed by atoms with van der Waals surface area (Å²) in [6.45, 7) is 0. The number of rotatable bonds is 0. The van der Waals surface area contributed by atoms with E-state index in [9.17, 15) is 13.2 Å². The van der Waals surface area contributed by atoms with Gasteiger partial charge in [-0.05, 0) is 34.5 Å².